The number of hydrogen-bond acceptors (Lipinski definition) is 3. The summed E-state index contributed by atoms with van der Waals surface area (Å²) < 4.78 is 25.7. The van der Waals surface area contributed by atoms with Crippen LogP contribution in [0.2, 0.25) is 0 Å². The van der Waals surface area contributed by atoms with E-state index < -0.39 is 0 Å². The van der Waals surface area contributed by atoms with Crippen LogP contribution in [-0.4, -0.2) is 42.8 Å². The van der Waals surface area contributed by atoms with Gasteiger partial charge in [-0.2, -0.15) is 0 Å². The van der Waals surface area contributed by atoms with Gasteiger partial charge in [0.25, 0.3) is 0 Å². The van der Waals surface area contributed by atoms with Crippen LogP contribution in [0, 0.1) is 12.7 Å². The van der Waals surface area contributed by atoms with E-state index in [9.17, 15) is 4.39 Å². The molecule has 126 valence electrons. The maximum Gasteiger partial charge on any atom is 0.170 e. The summed E-state index contributed by atoms with van der Waals surface area (Å²) in [6, 6.07) is 2.01. The minimum absolute atomic E-state index is 0.262. The predicted octanol–water partition coefficient (Wildman–Crippen LogP) is 3.62. The van der Waals surface area contributed by atoms with E-state index in [-0.39, 0.29) is 5.82 Å². The van der Waals surface area contributed by atoms with Crippen LogP contribution in [-0.2, 0) is 11.3 Å². The van der Waals surface area contributed by atoms with Gasteiger partial charge in [0.15, 0.2) is 11.6 Å². The average molecular weight is 320 g/mol. The molecule has 1 aromatic heterocycles. The van der Waals surface area contributed by atoms with Gasteiger partial charge in [-0.1, -0.05) is 0 Å². The topological polar surface area (TPSA) is 37.5 Å². The number of piperidine rings is 1. The summed E-state index contributed by atoms with van der Waals surface area (Å²) in [5, 5.41) is 1.05. The Bertz CT molecular complexity index is 675. The molecule has 0 atom stereocenters. The molecule has 0 radical (unpaired) electrons. The number of hydrogen-bond donors (Lipinski definition) is 1. The van der Waals surface area contributed by atoms with E-state index in [4.69, 9.17) is 9.47 Å². The quantitative estimate of drug-likeness (QED) is 0.914. The summed E-state index contributed by atoms with van der Waals surface area (Å²) in [4.78, 5) is 5.50. The Morgan fingerprint density at radius 2 is 2.09 bits per heavy atom. The van der Waals surface area contributed by atoms with Crippen LogP contribution in [0.15, 0.2) is 12.3 Å². The van der Waals surface area contributed by atoms with Gasteiger partial charge >= 0.3 is 0 Å². The van der Waals surface area contributed by atoms with E-state index >= 15 is 0 Å². The molecule has 1 aromatic carbocycles. The van der Waals surface area contributed by atoms with E-state index in [2.05, 4.69) is 9.88 Å². The molecule has 5 heteroatoms. The highest BCUT2D eigenvalue weighted by molar-refractivity contribution is 5.88. The van der Waals surface area contributed by atoms with Crippen molar-refractivity contribution >= 4 is 10.9 Å². The molecule has 0 amide bonds. The van der Waals surface area contributed by atoms with Crippen LogP contribution >= 0.6 is 0 Å². The van der Waals surface area contributed by atoms with Crippen LogP contribution in [0.5, 0.6) is 5.75 Å². The first-order chi connectivity index (χ1) is 11.2. The highest BCUT2D eigenvalue weighted by Crippen LogP contribution is 2.35. The zero-order chi connectivity index (χ0) is 16.4. The van der Waals surface area contributed by atoms with Crippen molar-refractivity contribution in [3.63, 3.8) is 0 Å². The van der Waals surface area contributed by atoms with E-state index in [0.29, 0.717) is 24.0 Å². The van der Waals surface area contributed by atoms with Crippen LogP contribution in [0.3, 0.4) is 0 Å². The van der Waals surface area contributed by atoms with Gasteiger partial charge in [0, 0.05) is 49.0 Å². The molecule has 1 fully saturated rings. The molecule has 0 spiro atoms. The van der Waals surface area contributed by atoms with Gasteiger partial charge in [-0.15, -0.1) is 0 Å². The first-order valence-electron chi connectivity index (χ1n) is 8.31. The summed E-state index contributed by atoms with van der Waals surface area (Å²) in [5.41, 5.74) is 2.41. The number of likely N-dealkylation sites (tertiary alicyclic amines) is 1. The highest BCUT2D eigenvalue weighted by Gasteiger charge is 2.24. The number of ether oxygens (including phenoxy) is 2. The molecule has 1 saturated heterocycles. The van der Waals surface area contributed by atoms with Gasteiger partial charge in [-0.3, -0.25) is 4.90 Å². The summed E-state index contributed by atoms with van der Waals surface area (Å²) >= 11 is 0. The third kappa shape index (κ3) is 3.08. The highest BCUT2D eigenvalue weighted by atomic mass is 19.1. The van der Waals surface area contributed by atoms with Crippen molar-refractivity contribution in [3.05, 3.63) is 29.2 Å². The number of aromatic nitrogens is 1. The first kappa shape index (κ1) is 16.3. The molecule has 1 aliphatic heterocycles. The molecule has 2 heterocycles. The fourth-order valence-corrected chi connectivity index (χ4v) is 3.53. The Labute approximate surface area is 136 Å². The third-order valence-corrected chi connectivity index (χ3v) is 4.77. The fourth-order valence-electron chi connectivity index (χ4n) is 3.53. The summed E-state index contributed by atoms with van der Waals surface area (Å²) in [5.74, 6) is 0.114. The lowest BCUT2D eigenvalue weighted by molar-refractivity contribution is 0.0124. The summed E-state index contributed by atoms with van der Waals surface area (Å²) in [6.07, 6.45) is 4.28. The lowest BCUT2D eigenvalue weighted by Gasteiger charge is -2.32. The van der Waals surface area contributed by atoms with Crippen molar-refractivity contribution in [3.8, 4) is 5.75 Å². The first-order valence-corrected chi connectivity index (χ1v) is 8.31. The molecule has 0 aliphatic carbocycles. The van der Waals surface area contributed by atoms with Crippen LogP contribution in [0.4, 0.5) is 4.39 Å². The number of methoxy groups -OCH3 is 1. The molecule has 4 nitrogen and oxygen atoms in total. The number of nitrogens with zero attached hydrogens (tertiary/aromatic N) is 1. The summed E-state index contributed by atoms with van der Waals surface area (Å²) in [6.45, 7) is 7.23. The number of halogens is 1. The second-order valence-corrected chi connectivity index (χ2v) is 6.15. The minimum Gasteiger partial charge on any atom is -0.493 e. The van der Waals surface area contributed by atoms with Crippen molar-refractivity contribution in [2.45, 2.75) is 39.3 Å². The van der Waals surface area contributed by atoms with E-state index in [1.165, 1.54) is 0 Å². The minimum atomic E-state index is -0.262. The molecular formula is C18H25FN2O2. The average Bonchev–Trinajstić information content (AvgIpc) is 3.04. The van der Waals surface area contributed by atoms with Gasteiger partial charge in [-0.25, -0.2) is 4.39 Å². The Morgan fingerprint density at radius 3 is 2.74 bits per heavy atom. The molecule has 23 heavy (non-hydrogen) atoms. The SMILES string of the molecule is CCOC1CCN(Cc2c(OC)c(F)c(C)c3[nH]ccc23)CC1. The predicted molar refractivity (Wildman–Crippen MR) is 89.5 cm³/mol. The molecule has 1 N–H and O–H groups in total. The number of H-pyrrole nitrogens is 1. The zero-order valence-corrected chi connectivity index (χ0v) is 14.1. The van der Waals surface area contributed by atoms with Crippen molar-refractivity contribution < 1.29 is 13.9 Å². The van der Waals surface area contributed by atoms with E-state index in [1.54, 1.807) is 14.0 Å². The largest absolute Gasteiger partial charge is 0.493 e. The second-order valence-electron chi connectivity index (χ2n) is 6.15. The van der Waals surface area contributed by atoms with Crippen molar-refractivity contribution in [1.82, 2.24) is 9.88 Å². The smallest absolute Gasteiger partial charge is 0.170 e. The van der Waals surface area contributed by atoms with Crippen molar-refractivity contribution in [2.24, 2.45) is 0 Å². The van der Waals surface area contributed by atoms with E-state index in [0.717, 1.165) is 49.0 Å². The molecule has 3 rings (SSSR count). The van der Waals surface area contributed by atoms with Gasteiger partial charge in [0.1, 0.15) is 0 Å². The van der Waals surface area contributed by atoms with Gasteiger partial charge in [-0.05, 0) is 32.8 Å². The lowest BCUT2D eigenvalue weighted by atomic mass is 10.0. The molecule has 2 aromatic rings. The maximum atomic E-state index is 14.6. The van der Waals surface area contributed by atoms with E-state index in [1.807, 2.05) is 19.2 Å². The number of fused-ring (bicyclic) bond motifs is 1. The summed E-state index contributed by atoms with van der Waals surface area (Å²) in [7, 11) is 1.54. The monoisotopic (exact) mass is 320 g/mol. The number of benzene rings is 1. The fraction of sp³-hybridized carbons (Fsp3) is 0.556. The van der Waals surface area contributed by atoms with Crippen LogP contribution in [0.1, 0.15) is 30.9 Å². The Balaban J connectivity index is 1.86. The Hall–Kier alpha value is -1.59. The molecule has 0 unspecified atom stereocenters. The van der Waals surface area contributed by atoms with Crippen LogP contribution in [0.25, 0.3) is 10.9 Å². The maximum absolute atomic E-state index is 14.6. The number of aromatic amines is 1. The van der Waals surface area contributed by atoms with Crippen molar-refractivity contribution in [1.29, 1.82) is 0 Å². The van der Waals surface area contributed by atoms with Gasteiger partial charge < -0.3 is 14.5 Å². The second kappa shape index (κ2) is 6.89. The standard InChI is InChI=1S/C18H25FN2O2/c1-4-23-13-6-9-21(10-7-13)11-15-14-5-8-20-17(14)12(2)16(19)18(15)22-3/h5,8,13,20H,4,6-7,9-11H2,1-3H3. The number of nitrogens with one attached hydrogen (secondary N) is 1. The molecule has 1 aliphatic rings. The molecular weight excluding hydrogens is 295 g/mol. The number of aryl methyl sites for hydroxylation is 1. The van der Waals surface area contributed by atoms with Gasteiger partial charge in [0.2, 0.25) is 0 Å². The number of rotatable bonds is 5. The molecule has 0 bridgehead atoms. The van der Waals surface area contributed by atoms with Crippen molar-refractivity contribution in [2.75, 3.05) is 26.8 Å². The lowest BCUT2D eigenvalue weighted by Crippen LogP contribution is -2.36. The Kier molecular flexibility index (Phi) is 4.87. The molecule has 0 saturated carbocycles. The normalized spacial score (nSPS) is 17.0. The zero-order valence-electron chi connectivity index (χ0n) is 14.1. The Morgan fingerprint density at radius 1 is 1.35 bits per heavy atom. The third-order valence-electron chi connectivity index (χ3n) is 4.77. The van der Waals surface area contributed by atoms with Crippen LogP contribution < -0.4 is 4.74 Å². The van der Waals surface area contributed by atoms with Gasteiger partial charge in [0.05, 0.1) is 18.7 Å².